The van der Waals surface area contributed by atoms with Gasteiger partial charge in [-0.05, 0) is 26.8 Å². The number of nitrogens with one attached hydrogen (secondary N) is 1. The lowest BCUT2D eigenvalue weighted by atomic mass is 9.97. The maximum Gasteiger partial charge on any atom is 0.244 e. The predicted molar refractivity (Wildman–Crippen MR) is 82.6 cm³/mol. The van der Waals surface area contributed by atoms with Crippen LogP contribution in [0.3, 0.4) is 0 Å². The number of rotatable bonds is 4. The van der Waals surface area contributed by atoms with Gasteiger partial charge in [-0.15, -0.1) is 0 Å². The summed E-state index contributed by atoms with van der Waals surface area (Å²) >= 11 is 0. The summed E-state index contributed by atoms with van der Waals surface area (Å²) in [5, 5.41) is 11.1. The number of hydrogen-bond acceptors (Lipinski definition) is 6. The summed E-state index contributed by atoms with van der Waals surface area (Å²) in [7, 11) is 3.63. The molecule has 0 aromatic carbocycles. The van der Waals surface area contributed by atoms with Crippen LogP contribution in [0.1, 0.15) is 42.1 Å². The minimum absolute atomic E-state index is 0.0569. The Morgan fingerprint density at radius 1 is 1.52 bits per heavy atom. The lowest BCUT2D eigenvalue weighted by molar-refractivity contribution is -0.134. The quantitative estimate of drug-likeness (QED) is 0.896. The Morgan fingerprint density at radius 2 is 2.35 bits per heavy atom. The number of hydrogen-bond donors (Lipinski definition) is 1. The van der Waals surface area contributed by atoms with Crippen molar-refractivity contribution >= 4 is 5.91 Å². The Hall–Kier alpha value is -2.22. The number of aromatic nitrogens is 4. The van der Waals surface area contributed by atoms with Gasteiger partial charge < -0.3 is 14.7 Å². The van der Waals surface area contributed by atoms with Gasteiger partial charge in [0, 0.05) is 31.9 Å². The van der Waals surface area contributed by atoms with Crippen LogP contribution >= 0.6 is 0 Å². The zero-order chi connectivity index (χ0) is 16.4. The van der Waals surface area contributed by atoms with Crippen LogP contribution in [0.5, 0.6) is 0 Å². The highest BCUT2D eigenvalue weighted by Gasteiger charge is 2.32. The van der Waals surface area contributed by atoms with Gasteiger partial charge in [-0.25, -0.2) is 0 Å². The highest BCUT2D eigenvalue weighted by atomic mass is 16.5. The molecule has 0 saturated carbocycles. The number of carbonyl (C=O) groups is 1. The summed E-state index contributed by atoms with van der Waals surface area (Å²) in [6.07, 6.45) is 5.48. The zero-order valence-corrected chi connectivity index (χ0v) is 13.7. The molecule has 8 heteroatoms. The van der Waals surface area contributed by atoms with Crippen molar-refractivity contribution in [3.8, 4) is 0 Å². The van der Waals surface area contributed by atoms with Crippen molar-refractivity contribution in [2.24, 2.45) is 7.05 Å². The number of likely N-dealkylation sites (tertiary alicyclic amines) is 1. The van der Waals surface area contributed by atoms with Gasteiger partial charge in [-0.2, -0.15) is 10.1 Å². The first-order valence-electron chi connectivity index (χ1n) is 7.83. The smallest absolute Gasteiger partial charge is 0.244 e. The van der Waals surface area contributed by atoms with Crippen LogP contribution in [-0.4, -0.2) is 50.9 Å². The summed E-state index contributed by atoms with van der Waals surface area (Å²) in [5.74, 6) is 1.43. The third-order valence-electron chi connectivity index (χ3n) is 4.22. The van der Waals surface area contributed by atoms with E-state index in [1.807, 2.05) is 18.1 Å². The molecule has 23 heavy (non-hydrogen) atoms. The second kappa shape index (κ2) is 6.49. The van der Waals surface area contributed by atoms with Crippen LogP contribution < -0.4 is 5.32 Å². The number of aryl methyl sites for hydroxylation is 2. The van der Waals surface area contributed by atoms with Crippen LogP contribution in [-0.2, 0) is 11.8 Å². The van der Waals surface area contributed by atoms with Gasteiger partial charge in [0.2, 0.25) is 11.8 Å². The standard InChI is InChI=1S/C15H22N6O2/c1-10-18-14(23-19-10)11-5-4-6-21(9-11)15(22)13(16-2)12-7-17-20(3)8-12/h7-8,11,13,16H,4-6,9H2,1-3H3. The molecule has 1 saturated heterocycles. The fraction of sp³-hybridized carbons (Fsp3) is 0.600. The fourth-order valence-corrected chi connectivity index (χ4v) is 3.06. The number of piperidine rings is 1. The molecule has 2 unspecified atom stereocenters. The maximum atomic E-state index is 12.9. The van der Waals surface area contributed by atoms with E-state index < -0.39 is 0 Å². The molecular weight excluding hydrogens is 296 g/mol. The number of carbonyl (C=O) groups excluding carboxylic acids is 1. The maximum absolute atomic E-state index is 12.9. The Bertz CT molecular complexity index is 679. The van der Waals surface area contributed by atoms with Crippen LogP contribution in [0.2, 0.25) is 0 Å². The van der Waals surface area contributed by atoms with Crippen molar-refractivity contribution in [2.75, 3.05) is 20.1 Å². The Labute approximate surface area is 134 Å². The molecule has 3 heterocycles. The molecule has 2 atom stereocenters. The van der Waals surface area contributed by atoms with Crippen molar-refractivity contribution in [1.29, 1.82) is 0 Å². The summed E-state index contributed by atoms with van der Waals surface area (Å²) < 4.78 is 6.98. The SMILES string of the molecule is CNC(C(=O)N1CCCC(c2nc(C)no2)C1)c1cnn(C)c1. The van der Waals surface area contributed by atoms with Crippen LogP contribution in [0.25, 0.3) is 0 Å². The first kappa shape index (κ1) is 15.7. The molecule has 1 amide bonds. The Morgan fingerprint density at radius 3 is 2.96 bits per heavy atom. The van der Waals surface area contributed by atoms with Crippen molar-refractivity contribution in [3.63, 3.8) is 0 Å². The first-order valence-corrected chi connectivity index (χ1v) is 7.83. The van der Waals surface area contributed by atoms with E-state index in [0.717, 1.165) is 24.9 Å². The van der Waals surface area contributed by atoms with Crippen molar-refractivity contribution in [2.45, 2.75) is 31.7 Å². The van der Waals surface area contributed by atoms with Crippen molar-refractivity contribution in [1.82, 2.24) is 30.1 Å². The molecule has 124 valence electrons. The van der Waals surface area contributed by atoms with Crippen molar-refractivity contribution in [3.05, 3.63) is 29.7 Å². The average Bonchev–Trinajstić information content (AvgIpc) is 3.17. The lowest BCUT2D eigenvalue weighted by Crippen LogP contribution is -2.44. The molecule has 0 bridgehead atoms. The van der Waals surface area contributed by atoms with Crippen molar-refractivity contribution < 1.29 is 9.32 Å². The van der Waals surface area contributed by atoms with Gasteiger partial charge in [0.25, 0.3) is 0 Å². The second-order valence-corrected chi connectivity index (χ2v) is 5.97. The number of nitrogens with zero attached hydrogens (tertiary/aromatic N) is 5. The molecule has 1 aliphatic heterocycles. The summed E-state index contributed by atoms with van der Waals surface area (Å²) in [5.41, 5.74) is 0.871. The molecule has 1 aliphatic rings. The summed E-state index contributed by atoms with van der Waals surface area (Å²) in [6.45, 7) is 3.16. The van der Waals surface area contributed by atoms with Gasteiger partial charge in [-0.1, -0.05) is 5.16 Å². The fourth-order valence-electron chi connectivity index (χ4n) is 3.06. The van der Waals surface area contributed by atoms with Gasteiger partial charge in [-0.3, -0.25) is 9.48 Å². The number of likely N-dealkylation sites (N-methyl/N-ethyl adjacent to an activating group) is 1. The van der Waals surface area contributed by atoms with Gasteiger partial charge in [0.05, 0.1) is 12.1 Å². The summed E-state index contributed by atoms with van der Waals surface area (Å²) in [6, 6.07) is -0.383. The topological polar surface area (TPSA) is 89.1 Å². The lowest BCUT2D eigenvalue weighted by Gasteiger charge is -2.33. The third kappa shape index (κ3) is 3.26. The van der Waals surface area contributed by atoms with Gasteiger partial charge >= 0.3 is 0 Å². The molecule has 0 spiro atoms. The highest BCUT2D eigenvalue weighted by Crippen LogP contribution is 2.27. The van der Waals surface area contributed by atoms with E-state index in [0.29, 0.717) is 18.3 Å². The van der Waals surface area contributed by atoms with E-state index in [9.17, 15) is 4.79 Å². The Kier molecular flexibility index (Phi) is 4.42. The molecule has 8 nitrogen and oxygen atoms in total. The molecule has 1 fully saturated rings. The van der Waals surface area contributed by atoms with E-state index in [-0.39, 0.29) is 17.9 Å². The summed E-state index contributed by atoms with van der Waals surface area (Å²) in [4.78, 5) is 19.1. The minimum atomic E-state index is -0.383. The van der Waals surface area contributed by atoms with Gasteiger partial charge in [0.15, 0.2) is 5.82 Å². The molecule has 1 N–H and O–H groups in total. The third-order valence-corrected chi connectivity index (χ3v) is 4.22. The zero-order valence-electron chi connectivity index (χ0n) is 13.7. The number of amides is 1. The van der Waals surface area contributed by atoms with Crippen LogP contribution in [0, 0.1) is 6.92 Å². The molecule has 0 aliphatic carbocycles. The van der Waals surface area contributed by atoms with Gasteiger partial charge in [0.1, 0.15) is 6.04 Å². The van der Waals surface area contributed by atoms with Crippen LogP contribution in [0.4, 0.5) is 0 Å². The second-order valence-electron chi connectivity index (χ2n) is 5.97. The monoisotopic (exact) mass is 318 g/mol. The average molecular weight is 318 g/mol. The largest absolute Gasteiger partial charge is 0.340 e. The highest BCUT2D eigenvalue weighted by molar-refractivity contribution is 5.83. The van der Waals surface area contributed by atoms with E-state index in [1.165, 1.54) is 0 Å². The molecular formula is C15H22N6O2. The molecule has 3 rings (SSSR count). The molecule has 2 aromatic rings. The molecule has 0 radical (unpaired) electrons. The minimum Gasteiger partial charge on any atom is -0.340 e. The first-order chi connectivity index (χ1) is 11.1. The predicted octanol–water partition coefficient (Wildman–Crippen LogP) is 0.778. The van der Waals surface area contributed by atoms with E-state index in [4.69, 9.17) is 4.52 Å². The van der Waals surface area contributed by atoms with E-state index >= 15 is 0 Å². The normalized spacial score (nSPS) is 19.8. The van der Waals surface area contributed by atoms with E-state index in [2.05, 4.69) is 20.6 Å². The van der Waals surface area contributed by atoms with E-state index in [1.54, 1.807) is 24.9 Å². The van der Waals surface area contributed by atoms with Crippen LogP contribution in [0.15, 0.2) is 16.9 Å². The Balaban J connectivity index is 1.73. The molecule has 2 aromatic heterocycles.